The van der Waals surface area contributed by atoms with Crippen molar-refractivity contribution in [1.82, 2.24) is 0 Å². The number of hydrogen-bond acceptors (Lipinski definition) is 7. The second kappa shape index (κ2) is 17.2. The van der Waals surface area contributed by atoms with Gasteiger partial charge in [0.15, 0.2) is 0 Å². The van der Waals surface area contributed by atoms with E-state index < -0.39 is 5.91 Å². The first-order chi connectivity index (χ1) is 17.1. The number of primary amides is 1. The average Bonchev–Trinajstić information content (AvgIpc) is 2.91. The summed E-state index contributed by atoms with van der Waals surface area (Å²) in [7, 11) is 3.17. The van der Waals surface area contributed by atoms with Crippen molar-refractivity contribution in [3.8, 4) is 5.75 Å². The molecule has 35 heavy (non-hydrogen) atoms. The number of hydrogen-bond donors (Lipinski definition) is 2. The number of nitrogens with zero attached hydrogens (tertiary/aromatic N) is 1. The van der Waals surface area contributed by atoms with Crippen LogP contribution in [0.5, 0.6) is 5.75 Å². The fourth-order valence-electron chi connectivity index (χ4n) is 2.90. The van der Waals surface area contributed by atoms with Gasteiger partial charge in [-0.3, -0.25) is 9.79 Å². The van der Waals surface area contributed by atoms with Crippen LogP contribution in [0, 0.1) is 0 Å². The Morgan fingerprint density at radius 1 is 0.971 bits per heavy atom. The van der Waals surface area contributed by atoms with Crippen LogP contribution in [0.4, 0.5) is 0 Å². The molecule has 184 valence electrons. The SMILES string of the molecule is C=N/C=C(/Cc1ccc(Sc2ccccc2C(N)=O)cc1)SCc1ccc(OC)cc1.C=O.CN. The van der Waals surface area contributed by atoms with Crippen molar-refractivity contribution in [2.75, 3.05) is 14.2 Å². The maximum absolute atomic E-state index is 11.6. The number of thioether (sulfide) groups is 1. The summed E-state index contributed by atoms with van der Waals surface area (Å²) in [6.45, 7) is 5.61. The molecule has 0 radical (unpaired) electrons. The van der Waals surface area contributed by atoms with Gasteiger partial charge < -0.3 is 21.0 Å². The first kappa shape index (κ1) is 29.7. The summed E-state index contributed by atoms with van der Waals surface area (Å²) in [6, 6.07) is 23.8. The molecule has 3 aromatic rings. The van der Waals surface area contributed by atoms with Gasteiger partial charge in [0, 0.05) is 33.1 Å². The Labute approximate surface area is 215 Å². The minimum absolute atomic E-state index is 0.416. The summed E-state index contributed by atoms with van der Waals surface area (Å²) in [6.07, 6.45) is 2.60. The third-order valence-electron chi connectivity index (χ3n) is 4.50. The second-order valence-corrected chi connectivity index (χ2v) is 8.92. The number of carbonyl (C=O) groups excluding carboxylic acids is 2. The number of ether oxygens (including phenoxy) is 1. The number of carbonyl (C=O) groups is 2. The highest BCUT2D eigenvalue weighted by Gasteiger charge is 2.09. The Kier molecular flexibility index (Phi) is 14.6. The summed E-state index contributed by atoms with van der Waals surface area (Å²) >= 11 is 3.28. The van der Waals surface area contributed by atoms with Gasteiger partial charge in [0.05, 0.1) is 12.7 Å². The normalized spacial score (nSPS) is 10.2. The summed E-state index contributed by atoms with van der Waals surface area (Å²) in [5.41, 5.74) is 12.9. The van der Waals surface area contributed by atoms with E-state index in [1.165, 1.54) is 29.9 Å². The molecule has 6 nitrogen and oxygen atoms in total. The molecule has 0 aliphatic heterocycles. The van der Waals surface area contributed by atoms with Gasteiger partial charge >= 0.3 is 0 Å². The molecule has 1 amide bonds. The molecular formula is C27H31N3O3S2. The van der Waals surface area contributed by atoms with E-state index in [2.05, 4.69) is 53.8 Å². The van der Waals surface area contributed by atoms with Crippen molar-refractivity contribution >= 4 is 42.9 Å². The number of amides is 1. The maximum Gasteiger partial charge on any atom is 0.249 e. The maximum atomic E-state index is 11.6. The summed E-state index contributed by atoms with van der Waals surface area (Å²) < 4.78 is 5.21. The van der Waals surface area contributed by atoms with Crippen LogP contribution in [-0.2, 0) is 17.0 Å². The molecule has 0 heterocycles. The highest BCUT2D eigenvalue weighted by atomic mass is 32.2. The largest absolute Gasteiger partial charge is 0.497 e. The van der Waals surface area contributed by atoms with Gasteiger partial charge in [0.2, 0.25) is 5.91 Å². The predicted molar refractivity (Wildman–Crippen MR) is 148 cm³/mol. The summed E-state index contributed by atoms with van der Waals surface area (Å²) in [5, 5.41) is 0. The number of allylic oxidation sites excluding steroid dienone is 1. The Morgan fingerprint density at radius 3 is 2.14 bits per heavy atom. The molecule has 0 aliphatic rings. The molecule has 8 heteroatoms. The predicted octanol–water partition coefficient (Wildman–Crippen LogP) is 5.35. The van der Waals surface area contributed by atoms with E-state index in [1.807, 2.05) is 43.3 Å². The van der Waals surface area contributed by atoms with Gasteiger partial charge in [0.1, 0.15) is 12.5 Å². The number of benzene rings is 3. The number of nitrogens with two attached hydrogens (primary N) is 2. The fourth-order valence-corrected chi connectivity index (χ4v) is 4.81. The van der Waals surface area contributed by atoms with Crippen LogP contribution in [0.15, 0.2) is 98.7 Å². The van der Waals surface area contributed by atoms with E-state index in [0.29, 0.717) is 5.56 Å². The fraction of sp³-hybridized carbons (Fsp3) is 0.148. The van der Waals surface area contributed by atoms with Gasteiger partial charge in [-0.2, -0.15) is 0 Å². The van der Waals surface area contributed by atoms with E-state index in [4.69, 9.17) is 15.3 Å². The van der Waals surface area contributed by atoms with Gasteiger partial charge in [-0.1, -0.05) is 48.2 Å². The lowest BCUT2D eigenvalue weighted by atomic mass is 10.1. The quantitative estimate of drug-likeness (QED) is 0.357. The van der Waals surface area contributed by atoms with Gasteiger partial charge in [-0.25, -0.2) is 0 Å². The zero-order valence-electron chi connectivity index (χ0n) is 20.0. The molecule has 4 N–H and O–H groups in total. The zero-order valence-corrected chi connectivity index (χ0v) is 21.6. The Hall–Kier alpha value is -3.33. The first-order valence-corrected chi connectivity index (χ1v) is 12.3. The highest BCUT2D eigenvalue weighted by molar-refractivity contribution is 8.02. The van der Waals surface area contributed by atoms with E-state index in [-0.39, 0.29) is 0 Å². The lowest BCUT2D eigenvalue weighted by Crippen LogP contribution is -2.11. The minimum atomic E-state index is -0.416. The molecule has 0 bridgehead atoms. The van der Waals surface area contributed by atoms with Crippen molar-refractivity contribution in [3.05, 3.63) is 101 Å². The third kappa shape index (κ3) is 10.2. The van der Waals surface area contributed by atoms with Crippen molar-refractivity contribution in [2.24, 2.45) is 16.5 Å². The van der Waals surface area contributed by atoms with Crippen LogP contribution in [0.25, 0.3) is 0 Å². The smallest absolute Gasteiger partial charge is 0.249 e. The topological polar surface area (TPSA) is 108 Å². The van der Waals surface area contributed by atoms with Crippen molar-refractivity contribution in [1.29, 1.82) is 0 Å². The van der Waals surface area contributed by atoms with Gasteiger partial charge in [0.25, 0.3) is 0 Å². The molecule has 0 unspecified atom stereocenters. The average molecular weight is 510 g/mol. The Bertz CT molecular complexity index is 1090. The van der Waals surface area contributed by atoms with Crippen molar-refractivity contribution in [2.45, 2.75) is 22.0 Å². The molecule has 3 aromatic carbocycles. The number of methoxy groups -OCH3 is 1. The third-order valence-corrected chi connectivity index (χ3v) is 6.68. The molecule has 0 spiro atoms. The molecular weight excluding hydrogens is 478 g/mol. The van der Waals surface area contributed by atoms with Crippen molar-refractivity contribution < 1.29 is 14.3 Å². The van der Waals surface area contributed by atoms with E-state index in [1.54, 1.807) is 24.9 Å². The van der Waals surface area contributed by atoms with E-state index in [9.17, 15) is 4.79 Å². The van der Waals surface area contributed by atoms with Crippen molar-refractivity contribution in [3.63, 3.8) is 0 Å². The van der Waals surface area contributed by atoms with Gasteiger partial charge in [-0.15, -0.1) is 11.8 Å². The van der Waals surface area contributed by atoms with Crippen LogP contribution in [-0.4, -0.2) is 33.6 Å². The zero-order chi connectivity index (χ0) is 26.1. The standard InChI is InChI=1S/C25H24N2O2S2.CH5N.CH2O/c1-27-16-22(30-17-19-7-11-20(29-2)12-8-19)15-18-9-13-21(14-10-18)31-24-6-4-3-5-23(24)25(26)28;2*1-2/h3-14,16H,1,15,17H2,2H3,(H2,26,28);2H2,1H3;1H2/b22-16-;;. The van der Waals surface area contributed by atoms with Crippen LogP contribution >= 0.6 is 23.5 Å². The number of rotatable bonds is 10. The lowest BCUT2D eigenvalue weighted by molar-refractivity contribution is -0.0980. The first-order valence-electron chi connectivity index (χ1n) is 10.5. The lowest BCUT2D eigenvalue weighted by Gasteiger charge is -2.09. The van der Waals surface area contributed by atoms with Gasteiger partial charge in [-0.05, 0) is 61.3 Å². The number of aliphatic imine (C=N–C) groups is 1. The van der Waals surface area contributed by atoms with Crippen LogP contribution in [0.2, 0.25) is 0 Å². The molecule has 0 saturated heterocycles. The Balaban J connectivity index is 0.00000145. The molecule has 0 aromatic heterocycles. The van der Waals surface area contributed by atoms with Crippen LogP contribution in [0.3, 0.4) is 0 Å². The van der Waals surface area contributed by atoms with Crippen LogP contribution < -0.4 is 16.2 Å². The second-order valence-electron chi connectivity index (χ2n) is 6.70. The summed E-state index contributed by atoms with van der Waals surface area (Å²) in [5.74, 6) is 1.29. The molecule has 0 fully saturated rings. The van der Waals surface area contributed by atoms with E-state index >= 15 is 0 Å². The minimum Gasteiger partial charge on any atom is -0.497 e. The molecule has 0 saturated carbocycles. The highest BCUT2D eigenvalue weighted by Crippen LogP contribution is 2.31. The molecule has 3 rings (SSSR count). The van der Waals surface area contributed by atoms with E-state index in [0.717, 1.165) is 32.6 Å². The monoisotopic (exact) mass is 509 g/mol. The summed E-state index contributed by atoms with van der Waals surface area (Å²) in [4.78, 5) is 26.6. The Morgan fingerprint density at radius 2 is 1.57 bits per heavy atom. The molecule has 0 aliphatic carbocycles. The van der Waals surface area contributed by atoms with Crippen LogP contribution in [0.1, 0.15) is 21.5 Å². The molecule has 0 atom stereocenters.